The quantitative estimate of drug-likeness (QED) is 0.506. The molecule has 0 radical (unpaired) electrons. The number of imidazole rings is 1. The molecule has 0 saturated heterocycles. The average molecular weight is 284 g/mol. The van der Waals surface area contributed by atoms with Crippen molar-refractivity contribution >= 4 is 11.0 Å². The first-order valence-corrected chi connectivity index (χ1v) is 7.43. The molecule has 0 N–H and O–H groups in total. The number of nitrogens with zero attached hydrogens (tertiary/aromatic N) is 2. The summed E-state index contributed by atoms with van der Waals surface area (Å²) in [7, 11) is 0. The summed E-state index contributed by atoms with van der Waals surface area (Å²) in [6.07, 6.45) is 0. The smallest absolute Gasteiger partial charge is 0.145 e. The molecule has 3 aromatic carbocycles. The predicted molar refractivity (Wildman–Crippen MR) is 91.2 cm³/mol. The summed E-state index contributed by atoms with van der Waals surface area (Å²) in [4.78, 5) is 4.85. The fraction of sp³-hybridized carbons (Fsp3) is 0.0500. The molecule has 22 heavy (non-hydrogen) atoms. The highest BCUT2D eigenvalue weighted by Crippen LogP contribution is 2.28. The summed E-state index contributed by atoms with van der Waals surface area (Å²) in [6, 6.07) is 27.2. The maximum Gasteiger partial charge on any atom is 0.145 e. The molecule has 0 unspecified atom stereocenters. The zero-order valence-corrected chi connectivity index (χ0v) is 12.4. The molecule has 4 rings (SSSR count). The molecule has 0 bridgehead atoms. The predicted octanol–water partition coefficient (Wildman–Crippen LogP) is 5.00. The molecule has 0 amide bonds. The molecule has 0 fully saturated rings. The second-order valence-corrected chi connectivity index (χ2v) is 5.46. The van der Waals surface area contributed by atoms with Crippen molar-refractivity contribution < 1.29 is 0 Å². The van der Waals surface area contributed by atoms with Crippen molar-refractivity contribution in [1.29, 1.82) is 0 Å². The lowest BCUT2D eigenvalue weighted by molar-refractivity contribution is 1.10. The van der Waals surface area contributed by atoms with Crippen LogP contribution in [0.15, 0.2) is 78.9 Å². The number of benzene rings is 3. The highest BCUT2D eigenvalue weighted by atomic mass is 15.1. The van der Waals surface area contributed by atoms with E-state index in [-0.39, 0.29) is 0 Å². The van der Waals surface area contributed by atoms with Crippen molar-refractivity contribution in [3.63, 3.8) is 0 Å². The Bertz CT molecular complexity index is 919. The fourth-order valence-corrected chi connectivity index (χ4v) is 2.76. The van der Waals surface area contributed by atoms with Crippen LogP contribution in [0.1, 0.15) is 5.56 Å². The number of rotatable bonds is 2. The molecule has 2 nitrogen and oxygen atoms in total. The second-order valence-electron chi connectivity index (χ2n) is 5.46. The van der Waals surface area contributed by atoms with Gasteiger partial charge in [0.1, 0.15) is 5.82 Å². The molecule has 1 heterocycles. The summed E-state index contributed by atoms with van der Waals surface area (Å²) >= 11 is 0. The molecule has 0 atom stereocenters. The highest BCUT2D eigenvalue weighted by molar-refractivity contribution is 5.83. The van der Waals surface area contributed by atoms with Crippen LogP contribution in [-0.4, -0.2) is 9.55 Å². The molecule has 0 saturated carbocycles. The highest BCUT2D eigenvalue weighted by Gasteiger charge is 2.13. The molecule has 0 aliphatic rings. The van der Waals surface area contributed by atoms with Crippen LogP contribution >= 0.6 is 0 Å². The molecule has 0 aliphatic carbocycles. The van der Waals surface area contributed by atoms with Gasteiger partial charge in [-0.15, -0.1) is 0 Å². The van der Waals surface area contributed by atoms with E-state index in [0.29, 0.717) is 0 Å². The van der Waals surface area contributed by atoms with E-state index in [1.807, 2.05) is 12.1 Å². The van der Waals surface area contributed by atoms with Gasteiger partial charge in [0, 0.05) is 11.3 Å². The van der Waals surface area contributed by atoms with Gasteiger partial charge >= 0.3 is 0 Å². The zero-order chi connectivity index (χ0) is 14.9. The van der Waals surface area contributed by atoms with E-state index in [9.17, 15) is 0 Å². The number of para-hydroxylation sites is 3. The van der Waals surface area contributed by atoms with Gasteiger partial charge in [-0.3, -0.25) is 4.57 Å². The minimum atomic E-state index is 0.979. The van der Waals surface area contributed by atoms with Gasteiger partial charge in [0.25, 0.3) is 0 Å². The largest absolute Gasteiger partial charge is 0.292 e. The lowest BCUT2D eigenvalue weighted by Crippen LogP contribution is -1.97. The van der Waals surface area contributed by atoms with Crippen LogP contribution in [-0.2, 0) is 0 Å². The van der Waals surface area contributed by atoms with Gasteiger partial charge in [0.15, 0.2) is 0 Å². The summed E-state index contributed by atoms with van der Waals surface area (Å²) in [5.74, 6) is 0.979. The lowest BCUT2D eigenvalue weighted by atomic mass is 10.1. The monoisotopic (exact) mass is 284 g/mol. The standard InChI is InChI=1S/C20H16N2/c1-15-11-13-16(14-12-15)20-21-18-9-5-6-10-19(18)22(20)17-7-3-2-4-8-17/h2-14H,1H3. The van der Waals surface area contributed by atoms with Crippen molar-refractivity contribution in [3.05, 3.63) is 84.4 Å². The van der Waals surface area contributed by atoms with Crippen molar-refractivity contribution in [2.75, 3.05) is 0 Å². The minimum absolute atomic E-state index is 0.979. The van der Waals surface area contributed by atoms with E-state index in [4.69, 9.17) is 4.98 Å². The zero-order valence-electron chi connectivity index (χ0n) is 12.4. The Balaban J connectivity index is 2.04. The number of aromatic nitrogens is 2. The summed E-state index contributed by atoms with van der Waals surface area (Å²) < 4.78 is 2.22. The van der Waals surface area contributed by atoms with Gasteiger partial charge in [-0.25, -0.2) is 4.98 Å². The van der Waals surface area contributed by atoms with Crippen molar-refractivity contribution in [1.82, 2.24) is 9.55 Å². The maximum absolute atomic E-state index is 4.85. The summed E-state index contributed by atoms with van der Waals surface area (Å²) in [5, 5.41) is 0. The van der Waals surface area contributed by atoms with E-state index in [0.717, 1.165) is 28.1 Å². The maximum atomic E-state index is 4.85. The van der Waals surface area contributed by atoms with Crippen LogP contribution in [0.4, 0.5) is 0 Å². The third-order valence-corrected chi connectivity index (χ3v) is 3.88. The molecule has 1 aromatic heterocycles. The Morgan fingerprint density at radius 2 is 1.41 bits per heavy atom. The van der Waals surface area contributed by atoms with E-state index < -0.39 is 0 Å². The number of aryl methyl sites for hydroxylation is 1. The Morgan fingerprint density at radius 1 is 0.727 bits per heavy atom. The first-order chi connectivity index (χ1) is 10.8. The van der Waals surface area contributed by atoms with Gasteiger partial charge in [0.05, 0.1) is 11.0 Å². The van der Waals surface area contributed by atoms with Gasteiger partial charge in [-0.05, 0) is 31.2 Å². The van der Waals surface area contributed by atoms with Crippen LogP contribution in [0.2, 0.25) is 0 Å². The molecule has 0 aliphatic heterocycles. The molecule has 4 aromatic rings. The average Bonchev–Trinajstić information content (AvgIpc) is 2.96. The van der Waals surface area contributed by atoms with E-state index in [1.54, 1.807) is 0 Å². The Morgan fingerprint density at radius 3 is 2.18 bits per heavy atom. The molecule has 0 spiro atoms. The Hall–Kier alpha value is -2.87. The molecule has 106 valence electrons. The first-order valence-electron chi connectivity index (χ1n) is 7.43. The fourth-order valence-electron chi connectivity index (χ4n) is 2.76. The Labute approximate surface area is 129 Å². The van der Waals surface area contributed by atoms with Gasteiger partial charge in [-0.1, -0.05) is 60.2 Å². The van der Waals surface area contributed by atoms with Crippen LogP contribution in [0.3, 0.4) is 0 Å². The van der Waals surface area contributed by atoms with Crippen LogP contribution < -0.4 is 0 Å². The van der Waals surface area contributed by atoms with Crippen molar-refractivity contribution in [2.24, 2.45) is 0 Å². The van der Waals surface area contributed by atoms with E-state index >= 15 is 0 Å². The first kappa shape index (κ1) is 12.8. The van der Waals surface area contributed by atoms with Gasteiger partial charge < -0.3 is 0 Å². The second kappa shape index (κ2) is 5.15. The third kappa shape index (κ3) is 2.09. The van der Waals surface area contributed by atoms with Crippen LogP contribution in [0, 0.1) is 6.92 Å². The molecular weight excluding hydrogens is 268 g/mol. The van der Waals surface area contributed by atoms with Gasteiger partial charge in [0.2, 0.25) is 0 Å². The number of hydrogen-bond donors (Lipinski definition) is 0. The van der Waals surface area contributed by atoms with Crippen LogP contribution in [0.25, 0.3) is 28.1 Å². The van der Waals surface area contributed by atoms with E-state index in [2.05, 4.69) is 78.2 Å². The lowest BCUT2D eigenvalue weighted by Gasteiger charge is -2.09. The number of hydrogen-bond acceptors (Lipinski definition) is 1. The topological polar surface area (TPSA) is 17.8 Å². The van der Waals surface area contributed by atoms with E-state index in [1.165, 1.54) is 5.56 Å². The normalized spacial score (nSPS) is 11.0. The van der Waals surface area contributed by atoms with Crippen LogP contribution in [0.5, 0.6) is 0 Å². The molecule has 2 heteroatoms. The molecular formula is C20H16N2. The Kier molecular flexibility index (Phi) is 3.01. The summed E-state index contributed by atoms with van der Waals surface area (Å²) in [6.45, 7) is 2.10. The van der Waals surface area contributed by atoms with Gasteiger partial charge in [-0.2, -0.15) is 0 Å². The summed E-state index contributed by atoms with van der Waals surface area (Å²) in [5.41, 5.74) is 5.66. The van der Waals surface area contributed by atoms with Crippen molar-refractivity contribution in [3.8, 4) is 17.1 Å². The van der Waals surface area contributed by atoms with Crippen molar-refractivity contribution in [2.45, 2.75) is 6.92 Å². The minimum Gasteiger partial charge on any atom is -0.292 e. The SMILES string of the molecule is Cc1ccc(-c2nc3ccccc3n2-c2ccccc2)cc1. The third-order valence-electron chi connectivity index (χ3n) is 3.88. The number of fused-ring (bicyclic) bond motifs is 1.